The fourth-order valence-corrected chi connectivity index (χ4v) is 1.65. The zero-order chi connectivity index (χ0) is 14.1. The van der Waals surface area contributed by atoms with Crippen LogP contribution in [0.4, 0.5) is 5.82 Å². The van der Waals surface area contributed by atoms with E-state index in [2.05, 4.69) is 22.2 Å². The molecule has 6 heteroatoms. The van der Waals surface area contributed by atoms with Gasteiger partial charge in [0.25, 0.3) is 0 Å². The Kier molecular flexibility index (Phi) is 7.14. The minimum absolute atomic E-state index is 0.0240. The molecule has 0 bridgehead atoms. The first-order valence-electron chi connectivity index (χ1n) is 6.54. The first kappa shape index (κ1) is 15.7. The van der Waals surface area contributed by atoms with Crippen LogP contribution in [0.15, 0.2) is 6.20 Å². The highest BCUT2D eigenvalue weighted by Crippen LogP contribution is 2.22. The van der Waals surface area contributed by atoms with Crippen molar-refractivity contribution < 1.29 is 14.6 Å². The molecule has 1 aromatic heterocycles. The van der Waals surface area contributed by atoms with E-state index in [1.54, 1.807) is 13.3 Å². The van der Waals surface area contributed by atoms with E-state index in [1.807, 2.05) is 6.92 Å². The van der Waals surface area contributed by atoms with Crippen molar-refractivity contribution in [3.8, 4) is 5.75 Å². The molecule has 0 aliphatic rings. The Morgan fingerprint density at radius 2 is 2.21 bits per heavy atom. The third-order valence-electron chi connectivity index (χ3n) is 2.62. The van der Waals surface area contributed by atoms with Crippen molar-refractivity contribution in [3.05, 3.63) is 12.0 Å². The number of ether oxygens (including phenoxy) is 2. The molecule has 1 heterocycles. The molecule has 1 rings (SSSR count). The largest absolute Gasteiger partial charge is 0.486 e. The summed E-state index contributed by atoms with van der Waals surface area (Å²) in [7, 11) is 1.62. The topological polar surface area (TPSA) is 76.5 Å². The van der Waals surface area contributed by atoms with E-state index in [-0.39, 0.29) is 12.6 Å². The van der Waals surface area contributed by atoms with Gasteiger partial charge >= 0.3 is 0 Å². The number of aliphatic hydroxyl groups is 1. The zero-order valence-corrected chi connectivity index (χ0v) is 11.8. The van der Waals surface area contributed by atoms with E-state index in [4.69, 9.17) is 9.47 Å². The SMILES string of the molecule is CCCC(CO)Nc1nc(C)ncc1OCCOC. The van der Waals surface area contributed by atoms with Crippen molar-refractivity contribution in [1.82, 2.24) is 9.97 Å². The van der Waals surface area contributed by atoms with Gasteiger partial charge in [-0.3, -0.25) is 0 Å². The smallest absolute Gasteiger partial charge is 0.179 e. The maximum absolute atomic E-state index is 9.33. The molecule has 0 saturated heterocycles. The normalized spacial score (nSPS) is 12.2. The molecule has 0 aromatic carbocycles. The Morgan fingerprint density at radius 1 is 1.42 bits per heavy atom. The molecule has 108 valence electrons. The van der Waals surface area contributed by atoms with Gasteiger partial charge in [0.1, 0.15) is 12.4 Å². The number of hydrogen-bond acceptors (Lipinski definition) is 6. The summed E-state index contributed by atoms with van der Waals surface area (Å²) in [4.78, 5) is 8.44. The fourth-order valence-electron chi connectivity index (χ4n) is 1.65. The van der Waals surface area contributed by atoms with Crippen molar-refractivity contribution in [2.75, 3.05) is 32.2 Å². The summed E-state index contributed by atoms with van der Waals surface area (Å²) in [6, 6.07) is -0.0240. The number of aromatic nitrogens is 2. The lowest BCUT2D eigenvalue weighted by molar-refractivity contribution is 0.146. The molecule has 0 aliphatic carbocycles. The molecule has 0 aliphatic heterocycles. The Balaban J connectivity index is 2.74. The van der Waals surface area contributed by atoms with Gasteiger partial charge in [-0.25, -0.2) is 9.97 Å². The standard InChI is InChI=1S/C13H23N3O3/c1-4-5-11(9-17)16-13-12(19-7-6-18-3)8-14-10(2)15-13/h8,11,17H,4-7,9H2,1-3H3,(H,14,15,16). The second-order valence-corrected chi connectivity index (χ2v) is 4.28. The van der Waals surface area contributed by atoms with Crippen molar-refractivity contribution in [2.45, 2.75) is 32.7 Å². The van der Waals surface area contributed by atoms with Crippen LogP contribution < -0.4 is 10.1 Å². The summed E-state index contributed by atoms with van der Waals surface area (Å²) >= 11 is 0. The van der Waals surface area contributed by atoms with Gasteiger partial charge in [0.05, 0.1) is 25.5 Å². The third-order valence-corrected chi connectivity index (χ3v) is 2.62. The van der Waals surface area contributed by atoms with Gasteiger partial charge in [-0.15, -0.1) is 0 Å². The molecule has 6 nitrogen and oxygen atoms in total. The number of methoxy groups -OCH3 is 1. The fraction of sp³-hybridized carbons (Fsp3) is 0.692. The van der Waals surface area contributed by atoms with E-state index in [0.29, 0.717) is 30.6 Å². The summed E-state index contributed by atoms with van der Waals surface area (Å²) < 4.78 is 10.5. The van der Waals surface area contributed by atoms with Crippen LogP contribution in [0, 0.1) is 6.92 Å². The molecule has 0 spiro atoms. The molecule has 19 heavy (non-hydrogen) atoms. The van der Waals surface area contributed by atoms with Crippen LogP contribution in [0.3, 0.4) is 0 Å². The van der Waals surface area contributed by atoms with Crippen LogP contribution in [-0.4, -0.2) is 48.0 Å². The first-order valence-corrected chi connectivity index (χ1v) is 6.54. The third kappa shape index (κ3) is 5.40. The Hall–Kier alpha value is -1.40. The van der Waals surface area contributed by atoms with Crippen LogP contribution in [0.5, 0.6) is 5.75 Å². The summed E-state index contributed by atoms with van der Waals surface area (Å²) in [5, 5.41) is 12.5. The molecule has 1 unspecified atom stereocenters. The first-order chi connectivity index (χ1) is 9.21. The highest BCUT2D eigenvalue weighted by atomic mass is 16.5. The highest BCUT2D eigenvalue weighted by molar-refractivity contribution is 5.49. The molecule has 1 aromatic rings. The van der Waals surface area contributed by atoms with Crippen LogP contribution >= 0.6 is 0 Å². The van der Waals surface area contributed by atoms with E-state index in [9.17, 15) is 5.11 Å². The number of nitrogens with zero attached hydrogens (tertiary/aromatic N) is 2. The maximum atomic E-state index is 9.33. The molecule has 0 amide bonds. The Morgan fingerprint density at radius 3 is 2.84 bits per heavy atom. The molecule has 2 N–H and O–H groups in total. The summed E-state index contributed by atoms with van der Waals surface area (Å²) in [5.41, 5.74) is 0. The lowest BCUT2D eigenvalue weighted by Crippen LogP contribution is -2.25. The molecular formula is C13H23N3O3. The predicted molar refractivity (Wildman–Crippen MR) is 73.5 cm³/mol. The minimum Gasteiger partial charge on any atom is -0.486 e. The number of anilines is 1. The molecule has 1 atom stereocenters. The predicted octanol–water partition coefficient (Wildman–Crippen LogP) is 1.38. The monoisotopic (exact) mass is 269 g/mol. The quantitative estimate of drug-likeness (QED) is 0.660. The zero-order valence-electron chi connectivity index (χ0n) is 11.8. The molecule has 0 radical (unpaired) electrons. The van der Waals surface area contributed by atoms with Crippen molar-refractivity contribution in [3.63, 3.8) is 0 Å². The number of rotatable bonds is 9. The average Bonchev–Trinajstić information content (AvgIpc) is 2.41. The average molecular weight is 269 g/mol. The number of nitrogens with one attached hydrogen (secondary N) is 1. The molecule has 0 saturated carbocycles. The number of aryl methyl sites for hydroxylation is 1. The van der Waals surface area contributed by atoms with E-state index >= 15 is 0 Å². The summed E-state index contributed by atoms with van der Waals surface area (Å²) in [6.45, 7) is 4.90. The van der Waals surface area contributed by atoms with Crippen LogP contribution in [0.1, 0.15) is 25.6 Å². The van der Waals surface area contributed by atoms with E-state index in [0.717, 1.165) is 12.8 Å². The maximum Gasteiger partial charge on any atom is 0.179 e. The molecule has 0 fully saturated rings. The molecular weight excluding hydrogens is 246 g/mol. The van der Waals surface area contributed by atoms with Crippen LogP contribution in [0.25, 0.3) is 0 Å². The van der Waals surface area contributed by atoms with Crippen molar-refractivity contribution in [1.29, 1.82) is 0 Å². The second kappa shape index (κ2) is 8.66. The van der Waals surface area contributed by atoms with E-state index in [1.165, 1.54) is 0 Å². The lowest BCUT2D eigenvalue weighted by atomic mass is 10.2. The second-order valence-electron chi connectivity index (χ2n) is 4.28. The minimum atomic E-state index is -0.0240. The number of aliphatic hydroxyl groups excluding tert-OH is 1. The Labute approximate surface area is 114 Å². The lowest BCUT2D eigenvalue weighted by Gasteiger charge is -2.18. The van der Waals surface area contributed by atoms with Gasteiger partial charge in [0.15, 0.2) is 11.6 Å². The van der Waals surface area contributed by atoms with Crippen LogP contribution in [-0.2, 0) is 4.74 Å². The van der Waals surface area contributed by atoms with Gasteiger partial charge in [-0.2, -0.15) is 0 Å². The Bertz CT molecular complexity index is 374. The highest BCUT2D eigenvalue weighted by Gasteiger charge is 2.12. The van der Waals surface area contributed by atoms with E-state index < -0.39 is 0 Å². The number of hydrogen-bond donors (Lipinski definition) is 2. The van der Waals surface area contributed by atoms with Crippen LogP contribution in [0.2, 0.25) is 0 Å². The summed E-state index contributed by atoms with van der Waals surface area (Å²) in [5.74, 6) is 1.86. The van der Waals surface area contributed by atoms with Gasteiger partial charge in [0.2, 0.25) is 0 Å². The van der Waals surface area contributed by atoms with Gasteiger partial charge in [0, 0.05) is 7.11 Å². The summed E-state index contributed by atoms with van der Waals surface area (Å²) in [6.07, 6.45) is 3.50. The van der Waals surface area contributed by atoms with Gasteiger partial charge < -0.3 is 19.9 Å². The van der Waals surface area contributed by atoms with Crippen molar-refractivity contribution in [2.24, 2.45) is 0 Å². The van der Waals surface area contributed by atoms with Gasteiger partial charge in [-0.1, -0.05) is 13.3 Å². The van der Waals surface area contributed by atoms with Gasteiger partial charge in [-0.05, 0) is 13.3 Å². The van der Waals surface area contributed by atoms with Crippen molar-refractivity contribution >= 4 is 5.82 Å².